The fraction of sp³-hybridized carbons (Fsp3) is 0.389. The fourth-order valence-corrected chi connectivity index (χ4v) is 2.92. The molecule has 11 nitrogen and oxygen atoms in total. The number of rotatable bonds is 6. The quantitative estimate of drug-likeness (QED) is 0.424. The summed E-state index contributed by atoms with van der Waals surface area (Å²) in [6, 6.07) is 7.43. The van der Waals surface area contributed by atoms with Crippen LogP contribution in [-0.4, -0.2) is 39.9 Å². The van der Waals surface area contributed by atoms with E-state index in [1.54, 1.807) is 6.07 Å². The van der Waals surface area contributed by atoms with Crippen molar-refractivity contribution in [3.63, 3.8) is 0 Å². The highest BCUT2D eigenvalue weighted by Crippen LogP contribution is 2.32. The van der Waals surface area contributed by atoms with Gasteiger partial charge in [-0.2, -0.15) is 4.98 Å². The zero-order valence-electron chi connectivity index (χ0n) is 15.8. The highest BCUT2D eigenvalue weighted by atomic mass is 16.7. The van der Waals surface area contributed by atoms with Crippen LogP contribution in [0.3, 0.4) is 0 Å². The first-order valence-corrected chi connectivity index (χ1v) is 8.73. The molecule has 2 atom stereocenters. The van der Waals surface area contributed by atoms with Crippen LogP contribution >= 0.6 is 0 Å². The van der Waals surface area contributed by atoms with Crippen molar-refractivity contribution in [3.8, 4) is 0 Å². The van der Waals surface area contributed by atoms with Gasteiger partial charge in [0.25, 0.3) is 5.69 Å². The summed E-state index contributed by atoms with van der Waals surface area (Å²) in [4.78, 5) is 38.8. The van der Waals surface area contributed by atoms with E-state index in [-0.39, 0.29) is 30.3 Å². The Balaban J connectivity index is 1.64. The monoisotopic (exact) mass is 404 g/mol. The number of nitrogens with zero attached hydrogens (tertiary/aromatic N) is 3. The van der Waals surface area contributed by atoms with Gasteiger partial charge in [0.1, 0.15) is 12.4 Å². The summed E-state index contributed by atoms with van der Waals surface area (Å²) in [5.74, 6) is -0.582. The SMILES string of the molecule is CC(C)(C(=O)OC[C@H]1OC[C@@H](n2ccc(N)nc2=O)O1)c1ccccc1[N+](=O)[O-]. The number of para-hydroxylation sites is 1. The van der Waals surface area contributed by atoms with E-state index in [2.05, 4.69) is 4.98 Å². The maximum Gasteiger partial charge on any atom is 0.351 e. The van der Waals surface area contributed by atoms with Gasteiger partial charge in [0.15, 0.2) is 12.5 Å². The number of aromatic nitrogens is 2. The molecule has 0 unspecified atom stereocenters. The third-order valence-electron chi connectivity index (χ3n) is 4.53. The molecule has 0 amide bonds. The summed E-state index contributed by atoms with van der Waals surface area (Å²) in [7, 11) is 0. The summed E-state index contributed by atoms with van der Waals surface area (Å²) in [6.07, 6.45) is -0.192. The van der Waals surface area contributed by atoms with E-state index in [4.69, 9.17) is 19.9 Å². The first-order valence-electron chi connectivity index (χ1n) is 8.73. The molecule has 0 aliphatic carbocycles. The second kappa shape index (κ2) is 7.97. The Hall–Kier alpha value is -3.31. The van der Waals surface area contributed by atoms with E-state index in [9.17, 15) is 19.7 Å². The Labute approximate surface area is 165 Å². The third kappa shape index (κ3) is 4.25. The average Bonchev–Trinajstić information content (AvgIpc) is 3.14. The molecular weight excluding hydrogens is 384 g/mol. The number of ether oxygens (including phenoxy) is 3. The van der Waals surface area contributed by atoms with Crippen LogP contribution in [0.25, 0.3) is 0 Å². The van der Waals surface area contributed by atoms with Gasteiger partial charge in [-0.1, -0.05) is 18.2 Å². The zero-order chi connectivity index (χ0) is 21.2. The Morgan fingerprint density at radius 3 is 2.83 bits per heavy atom. The largest absolute Gasteiger partial charge is 0.460 e. The zero-order valence-corrected chi connectivity index (χ0v) is 15.8. The molecule has 0 spiro atoms. The molecule has 29 heavy (non-hydrogen) atoms. The van der Waals surface area contributed by atoms with Crippen LogP contribution in [0.15, 0.2) is 41.3 Å². The molecule has 2 N–H and O–H groups in total. The van der Waals surface area contributed by atoms with Gasteiger partial charge in [-0.15, -0.1) is 0 Å². The number of anilines is 1. The minimum atomic E-state index is -1.26. The Kier molecular flexibility index (Phi) is 5.62. The molecule has 1 fully saturated rings. The predicted molar refractivity (Wildman–Crippen MR) is 99.9 cm³/mol. The first-order chi connectivity index (χ1) is 13.7. The molecule has 0 bridgehead atoms. The van der Waals surface area contributed by atoms with E-state index in [0.29, 0.717) is 0 Å². The van der Waals surface area contributed by atoms with Gasteiger partial charge in [-0.3, -0.25) is 19.5 Å². The summed E-state index contributed by atoms with van der Waals surface area (Å²) in [5.41, 5.74) is 3.67. The molecule has 0 saturated carbocycles. The van der Waals surface area contributed by atoms with Crippen LogP contribution in [0.4, 0.5) is 11.5 Å². The van der Waals surface area contributed by atoms with Gasteiger partial charge >= 0.3 is 11.7 Å². The lowest BCUT2D eigenvalue weighted by molar-refractivity contribution is -0.386. The smallest absolute Gasteiger partial charge is 0.351 e. The highest BCUT2D eigenvalue weighted by Gasteiger charge is 2.38. The number of esters is 1. The number of nitrogen functional groups attached to an aromatic ring is 1. The van der Waals surface area contributed by atoms with Crippen LogP contribution in [0.5, 0.6) is 0 Å². The van der Waals surface area contributed by atoms with Gasteiger partial charge in [0.05, 0.1) is 16.9 Å². The number of nitrogens with two attached hydrogens (primary N) is 1. The number of hydrogen-bond acceptors (Lipinski definition) is 9. The van der Waals surface area contributed by atoms with E-state index < -0.39 is 34.5 Å². The predicted octanol–water partition coefficient (Wildman–Crippen LogP) is 1.13. The molecule has 154 valence electrons. The Bertz CT molecular complexity index is 988. The third-order valence-corrected chi connectivity index (χ3v) is 4.53. The van der Waals surface area contributed by atoms with Crippen molar-refractivity contribution in [1.82, 2.24) is 9.55 Å². The van der Waals surface area contributed by atoms with Crippen molar-refractivity contribution in [3.05, 3.63) is 62.7 Å². The molecule has 2 aromatic rings. The molecule has 11 heteroatoms. The van der Waals surface area contributed by atoms with Gasteiger partial charge < -0.3 is 19.9 Å². The minimum Gasteiger partial charge on any atom is -0.460 e. The van der Waals surface area contributed by atoms with Crippen molar-refractivity contribution in [2.24, 2.45) is 0 Å². The number of nitro groups is 1. The van der Waals surface area contributed by atoms with Crippen LogP contribution in [-0.2, 0) is 24.4 Å². The van der Waals surface area contributed by atoms with Crippen LogP contribution < -0.4 is 11.4 Å². The van der Waals surface area contributed by atoms with Gasteiger partial charge in [0, 0.05) is 17.8 Å². The van der Waals surface area contributed by atoms with Crippen molar-refractivity contribution in [2.75, 3.05) is 18.9 Å². The highest BCUT2D eigenvalue weighted by molar-refractivity contribution is 5.83. The minimum absolute atomic E-state index is 0.0568. The van der Waals surface area contributed by atoms with Gasteiger partial charge in [-0.05, 0) is 19.9 Å². The Morgan fingerprint density at radius 1 is 1.41 bits per heavy atom. The number of nitro benzene ring substituents is 1. The molecule has 1 aliphatic heterocycles. The first kappa shape index (κ1) is 20.4. The lowest BCUT2D eigenvalue weighted by Gasteiger charge is -2.23. The second-order valence-corrected chi connectivity index (χ2v) is 6.89. The molecular formula is C18H20N4O7. The van der Waals surface area contributed by atoms with Crippen molar-refractivity contribution >= 4 is 17.5 Å². The second-order valence-electron chi connectivity index (χ2n) is 6.89. The van der Waals surface area contributed by atoms with Gasteiger partial charge in [-0.25, -0.2) is 4.79 Å². The lowest BCUT2D eigenvalue weighted by atomic mass is 9.83. The van der Waals surface area contributed by atoms with Crippen LogP contribution in [0.2, 0.25) is 0 Å². The summed E-state index contributed by atoms with van der Waals surface area (Å²) in [5, 5.41) is 11.3. The summed E-state index contributed by atoms with van der Waals surface area (Å²) >= 11 is 0. The standard InChI is InChI=1S/C18H20N4O7/c1-18(2,11-5-3-4-6-12(11)22(25)26)16(23)28-10-15-27-9-14(29-15)21-8-7-13(19)20-17(21)24/h3-8,14-15H,9-10H2,1-2H3,(H2,19,20,24)/t14-,15-/m0/s1. The summed E-state index contributed by atoms with van der Waals surface area (Å²) in [6.45, 7) is 2.89. The van der Waals surface area contributed by atoms with Crippen molar-refractivity contribution < 1.29 is 23.9 Å². The van der Waals surface area contributed by atoms with Crippen molar-refractivity contribution in [2.45, 2.75) is 31.8 Å². The molecule has 1 saturated heterocycles. The summed E-state index contributed by atoms with van der Waals surface area (Å²) < 4.78 is 17.5. The number of carbonyl (C=O) groups excluding carboxylic acids is 1. The maximum atomic E-state index is 12.6. The Morgan fingerprint density at radius 2 is 2.14 bits per heavy atom. The van der Waals surface area contributed by atoms with E-state index >= 15 is 0 Å². The lowest BCUT2D eigenvalue weighted by Crippen LogP contribution is -2.34. The molecule has 0 radical (unpaired) electrons. The number of carbonyl (C=O) groups is 1. The maximum absolute atomic E-state index is 12.6. The normalized spacial score (nSPS) is 19.1. The van der Waals surface area contributed by atoms with Crippen LogP contribution in [0.1, 0.15) is 25.6 Å². The molecule has 1 aromatic heterocycles. The van der Waals surface area contributed by atoms with E-state index in [1.807, 2.05) is 0 Å². The number of hydrogen-bond donors (Lipinski definition) is 1. The fourth-order valence-electron chi connectivity index (χ4n) is 2.92. The molecule has 2 heterocycles. The topological polar surface area (TPSA) is 149 Å². The van der Waals surface area contributed by atoms with E-state index in [1.165, 1.54) is 48.9 Å². The average molecular weight is 404 g/mol. The number of benzene rings is 1. The molecule has 1 aromatic carbocycles. The molecule has 3 rings (SSSR count). The molecule has 1 aliphatic rings. The van der Waals surface area contributed by atoms with Gasteiger partial charge in [0.2, 0.25) is 0 Å². The van der Waals surface area contributed by atoms with E-state index in [0.717, 1.165) is 0 Å². The van der Waals surface area contributed by atoms with Crippen molar-refractivity contribution in [1.29, 1.82) is 0 Å². The van der Waals surface area contributed by atoms with Crippen LogP contribution in [0, 0.1) is 10.1 Å².